The van der Waals surface area contributed by atoms with E-state index in [-0.39, 0.29) is 0 Å². The van der Waals surface area contributed by atoms with Crippen LogP contribution in [0.3, 0.4) is 0 Å². The van der Waals surface area contributed by atoms with E-state index in [1.54, 1.807) is 0 Å². The highest BCUT2D eigenvalue weighted by Gasteiger charge is 2.08. The third-order valence-electron chi connectivity index (χ3n) is 2.52. The third kappa shape index (κ3) is 0.734. The second-order valence-corrected chi connectivity index (χ2v) is 3.31. The fourth-order valence-corrected chi connectivity index (χ4v) is 1.55. The first-order chi connectivity index (χ1) is 5.61. The lowest BCUT2D eigenvalue weighted by Gasteiger charge is -1.95. The fraction of sp³-hybridized carbons (Fsp3) is 0.444. The highest BCUT2D eigenvalue weighted by Crippen LogP contribution is 2.16. The largest absolute Gasteiger partial charge is 0.316 e. The number of aromatic nitrogens is 3. The molecule has 12 heavy (non-hydrogen) atoms. The molecule has 0 aliphatic carbocycles. The van der Waals surface area contributed by atoms with E-state index < -0.39 is 0 Å². The summed E-state index contributed by atoms with van der Waals surface area (Å²) >= 11 is 0. The van der Waals surface area contributed by atoms with Gasteiger partial charge in [-0.15, -0.1) is 0 Å². The zero-order chi connectivity index (χ0) is 8.88. The van der Waals surface area contributed by atoms with Crippen LogP contribution >= 0.6 is 0 Å². The van der Waals surface area contributed by atoms with Crippen LogP contribution in [0.25, 0.3) is 5.65 Å². The van der Waals surface area contributed by atoms with Gasteiger partial charge in [-0.1, -0.05) is 0 Å². The van der Waals surface area contributed by atoms with Crippen molar-refractivity contribution in [2.75, 3.05) is 0 Å². The maximum atomic E-state index is 4.37. The molecule has 0 fully saturated rings. The number of hydrogen-bond acceptors (Lipinski definition) is 1. The van der Waals surface area contributed by atoms with Crippen molar-refractivity contribution < 1.29 is 0 Å². The van der Waals surface area contributed by atoms with E-state index in [1.807, 2.05) is 18.5 Å². The zero-order valence-electron chi connectivity index (χ0n) is 7.92. The quantitative estimate of drug-likeness (QED) is 0.578. The predicted octanol–water partition coefficient (Wildman–Crippen LogP) is 1.60. The number of nitrogens with zero attached hydrogens (tertiary/aromatic N) is 3. The molecule has 0 saturated carbocycles. The second-order valence-electron chi connectivity index (χ2n) is 3.31. The first-order valence-corrected chi connectivity index (χ1v) is 4.09. The summed E-state index contributed by atoms with van der Waals surface area (Å²) in [6.07, 6.45) is 2.07. The second kappa shape index (κ2) is 2.12. The summed E-state index contributed by atoms with van der Waals surface area (Å²) in [4.78, 5) is 0. The summed E-state index contributed by atoms with van der Waals surface area (Å²) in [6.45, 7) is 6.26. The van der Waals surface area contributed by atoms with Crippen molar-refractivity contribution in [2.45, 2.75) is 20.8 Å². The zero-order valence-corrected chi connectivity index (χ0v) is 7.92. The lowest BCUT2D eigenvalue weighted by Crippen LogP contribution is -1.91. The Morgan fingerprint density at radius 1 is 1.25 bits per heavy atom. The van der Waals surface area contributed by atoms with Crippen molar-refractivity contribution in [1.29, 1.82) is 0 Å². The number of fused-ring (bicyclic) bond motifs is 1. The minimum Gasteiger partial charge on any atom is -0.316 e. The van der Waals surface area contributed by atoms with E-state index in [0.717, 1.165) is 5.82 Å². The maximum absolute atomic E-state index is 4.37. The molecule has 0 unspecified atom stereocenters. The SMILES string of the molecule is Cc1cn2nc(C)n(C)c2c1C. The molecule has 0 amide bonds. The van der Waals surface area contributed by atoms with Gasteiger partial charge in [-0.25, -0.2) is 4.52 Å². The van der Waals surface area contributed by atoms with Crippen LogP contribution in [0.2, 0.25) is 0 Å². The van der Waals surface area contributed by atoms with Gasteiger partial charge in [0.1, 0.15) is 11.5 Å². The molecule has 0 aromatic carbocycles. The molecule has 64 valence electrons. The molecule has 2 heterocycles. The highest BCUT2D eigenvalue weighted by molar-refractivity contribution is 5.52. The molecule has 0 spiro atoms. The van der Waals surface area contributed by atoms with Crippen LogP contribution in [0.4, 0.5) is 0 Å². The predicted molar refractivity (Wildman–Crippen MR) is 48.4 cm³/mol. The Morgan fingerprint density at radius 2 is 1.92 bits per heavy atom. The average molecular weight is 163 g/mol. The Balaban J connectivity index is 2.94. The summed E-state index contributed by atoms with van der Waals surface area (Å²) in [5.74, 6) is 1.05. The van der Waals surface area contributed by atoms with Gasteiger partial charge in [0, 0.05) is 13.2 Å². The summed E-state index contributed by atoms with van der Waals surface area (Å²) in [7, 11) is 2.05. The van der Waals surface area contributed by atoms with Crippen molar-refractivity contribution in [3.8, 4) is 0 Å². The van der Waals surface area contributed by atoms with E-state index in [2.05, 4.69) is 29.7 Å². The van der Waals surface area contributed by atoms with Gasteiger partial charge in [-0.05, 0) is 31.9 Å². The van der Waals surface area contributed by atoms with E-state index in [4.69, 9.17) is 0 Å². The smallest absolute Gasteiger partial charge is 0.138 e. The van der Waals surface area contributed by atoms with Crippen LogP contribution in [0.1, 0.15) is 17.0 Å². The van der Waals surface area contributed by atoms with Gasteiger partial charge < -0.3 is 4.57 Å². The van der Waals surface area contributed by atoms with Crippen LogP contribution in [0, 0.1) is 20.8 Å². The number of hydrogen-bond donors (Lipinski definition) is 0. The van der Waals surface area contributed by atoms with Crippen LogP contribution in [0.5, 0.6) is 0 Å². The Morgan fingerprint density at radius 3 is 2.50 bits per heavy atom. The normalized spacial score (nSPS) is 11.3. The maximum Gasteiger partial charge on any atom is 0.138 e. The standard InChI is InChI=1S/C9H13N3/c1-6-5-12-9(7(6)2)11(4)8(3)10-12/h5H,1-4H3. The van der Waals surface area contributed by atoms with Gasteiger partial charge >= 0.3 is 0 Å². The molecule has 0 aliphatic heterocycles. The molecule has 3 nitrogen and oxygen atoms in total. The van der Waals surface area contributed by atoms with Crippen molar-refractivity contribution in [1.82, 2.24) is 14.2 Å². The summed E-state index contributed by atoms with van der Waals surface area (Å²) in [5, 5.41) is 4.37. The third-order valence-corrected chi connectivity index (χ3v) is 2.52. The van der Waals surface area contributed by atoms with Crippen molar-refractivity contribution in [3.05, 3.63) is 23.1 Å². The molecule has 0 bridgehead atoms. The molecule has 0 aliphatic rings. The Bertz CT molecular complexity index is 396. The first-order valence-electron chi connectivity index (χ1n) is 4.09. The summed E-state index contributed by atoms with van der Waals surface area (Å²) in [6, 6.07) is 0. The lowest BCUT2D eigenvalue weighted by atomic mass is 10.2. The van der Waals surface area contributed by atoms with Gasteiger partial charge in [0.25, 0.3) is 0 Å². The minimum atomic E-state index is 1.05. The van der Waals surface area contributed by atoms with Crippen molar-refractivity contribution in [3.63, 3.8) is 0 Å². The van der Waals surface area contributed by atoms with Crippen LogP contribution < -0.4 is 0 Å². The van der Waals surface area contributed by atoms with Gasteiger partial charge in [-0.3, -0.25) is 0 Å². The molecule has 2 aromatic heterocycles. The van der Waals surface area contributed by atoms with Crippen LogP contribution in [0.15, 0.2) is 6.20 Å². The fourth-order valence-electron chi connectivity index (χ4n) is 1.55. The van der Waals surface area contributed by atoms with Gasteiger partial charge in [0.15, 0.2) is 0 Å². The Labute approximate surface area is 71.6 Å². The summed E-state index contributed by atoms with van der Waals surface area (Å²) in [5.41, 5.74) is 3.82. The highest BCUT2D eigenvalue weighted by atomic mass is 15.3. The molecule has 0 radical (unpaired) electrons. The average Bonchev–Trinajstić information content (AvgIpc) is 2.40. The van der Waals surface area contributed by atoms with Crippen molar-refractivity contribution in [2.24, 2.45) is 7.05 Å². The van der Waals surface area contributed by atoms with Gasteiger partial charge in [0.2, 0.25) is 0 Å². The topological polar surface area (TPSA) is 22.2 Å². The van der Waals surface area contributed by atoms with E-state index in [0.29, 0.717) is 0 Å². The molecule has 2 aromatic rings. The molecule has 3 heteroatoms. The van der Waals surface area contributed by atoms with E-state index >= 15 is 0 Å². The van der Waals surface area contributed by atoms with Gasteiger partial charge in [0.05, 0.1) is 0 Å². The minimum absolute atomic E-state index is 1.05. The Hall–Kier alpha value is -1.25. The lowest BCUT2D eigenvalue weighted by molar-refractivity contribution is 0.869. The monoisotopic (exact) mass is 163 g/mol. The summed E-state index contributed by atoms with van der Waals surface area (Å²) < 4.78 is 4.06. The van der Waals surface area contributed by atoms with E-state index in [9.17, 15) is 0 Å². The van der Waals surface area contributed by atoms with Crippen LogP contribution in [-0.2, 0) is 7.05 Å². The molecule has 0 N–H and O–H groups in total. The number of aryl methyl sites for hydroxylation is 4. The first kappa shape index (κ1) is 7.40. The Kier molecular flexibility index (Phi) is 1.31. The van der Waals surface area contributed by atoms with Gasteiger partial charge in [-0.2, -0.15) is 5.10 Å². The number of rotatable bonds is 0. The van der Waals surface area contributed by atoms with Crippen molar-refractivity contribution >= 4 is 5.65 Å². The molecule has 2 rings (SSSR count). The molecular weight excluding hydrogens is 150 g/mol. The van der Waals surface area contributed by atoms with Crippen LogP contribution in [-0.4, -0.2) is 14.2 Å². The molecule has 0 atom stereocenters. The molecule has 0 saturated heterocycles. The molecular formula is C9H13N3. The van der Waals surface area contributed by atoms with E-state index in [1.165, 1.54) is 16.8 Å².